The largest absolute Gasteiger partial charge is 0.514 e. The maximum Gasteiger partial charge on any atom is 0.514 e. The summed E-state index contributed by atoms with van der Waals surface area (Å²) in [6, 6.07) is 3.24. The summed E-state index contributed by atoms with van der Waals surface area (Å²) in [5.41, 5.74) is 6.49. The number of ether oxygens (including phenoxy) is 7. The van der Waals surface area contributed by atoms with E-state index in [0.717, 1.165) is 0 Å². The van der Waals surface area contributed by atoms with Crippen LogP contribution < -0.4 is 15.2 Å². The molecule has 0 saturated heterocycles. The highest BCUT2D eigenvalue weighted by atomic mass is 16.8. The van der Waals surface area contributed by atoms with Crippen LogP contribution in [0.4, 0.5) is 14.4 Å². The second-order valence-electron chi connectivity index (χ2n) is 10.4. The lowest BCUT2D eigenvalue weighted by Gasteiger charge is -2.19. The van der Waals surface area contributed by atoms with Gasteiger partial charge in [-0.15, -0.1) is 0 Å². The average molecular weight is 570 g/mol. The Hall–Kier alpha value is -3.54. The number of carbonyl (C=O) groups is 4. The van der Waals surface area contributed by atoms with Gasteiger partial charge in [0.1, 0.15) is 31.0 Å². The van der Waals surface area contributed by atoms with Crippen molar-refractivity contribution in [3.05, 3.63) is 23.8 Å². The SMILES string of the molecule is CC(C)OC(=O)O[C@@H](C)COC(=O)[C@@H](N)Cc1ccc(OC(=O)OC(C)C(C)C)c(OC(=O)OC(C)C(C)C)c1. The summed E-state index contributed by atoms with van der Waals surface area (Å²) in [5.74, 6) is -0.858. The van der Waals surface area contributed by atoms with Crippen molar-refractivity contribution in [2.24, 2.45) is 17.6 Å². The molecule has 0 aliphatic heterocycles. The summed E-state index contributed by atoms with van der Waals surface area (Å²) in [5, 5.41) is 0. The van der Waals surface area contributed by atoms with E-state index in [-0.39, 0.29) is 42.5 Å². The third kappa shape index (κ3) is 13.0. The van der Waals surface area contributed by atoms with Gasteiger partial charge in [0, 0.05) is 0 Å². The second-order valence-corrected chi connectivity index (χ2v) is 10.4. The van der Waals surface area contributed by atoms with Crippen molar-refractivity contribution >= 4 is 24.4 Å². The summed E-state index contributed by atoms with van der Waals surface area (Å²) in [7, 11) is 0. The number of nitrogens with two attached hydrogens (primary N) is 1. The molecule has 0 bridgehead atoms. The molecule has 2 N–H and O–H groups in total. The summed E-state index contributed by atoms with van der Waals surface area (Å²) >= 11 is 0. The predicted molar refractivity (Wildman–Crippen MR) is 144 cm³/mol. The van der Waals surface area contributed by atoms with Crippen molar-refractivity contribution in [1.82, 2.24) is 0 Å². The van der Waals surface area contributed by atoms with Crippen LogP contribution in [-0.2, 0) is 34.9 Å². The van der Waals surface area contributed by atoms with E-state index in [1.165, 1.54) is 19.1 Å². The molecule has 0 aliphatic carbocycles. The number of rotatable bonds is 13. The lowest BCUT2D eigenvalue weighted by atomic mass is 10.1. The van der Waals surface area contributed by atoms with Crippen LogP contribution in [0.5, 0.6) is 11.5 Å². The van der Waals surface area contributed by atoms with Crippen molar-refractivity contribution in [2.75, 3.05) is 6.61 Å². The van der Waals surface area contributed by atoms with Gasteiger partial charge in [0.15, 0.2) is 11.5 Å². The molecule has 4 atom stereocenters. The first-order valence-electron chi connectivity index (χ1n) is 13.3. The summed E-state index contributed by atoms with van der Waals surface area (Å²) in [4.78, 5) is 48.7. The molecule has 2 unspecified atom stereocenters. The topological polar surface area (TPSA) is 159 Å². The molecular weight excluding hydrogens is 526 g/mol. The van der Waals surface area contributed by atoms with Crippen LogP contribution >= 0.6 is 0 Å². The smallest absolute Gasteiger partial charge is 0.461 e. The Morgan fingerprint density at radius 1 is 0.700 bits per heavy atom. The molecule has 1 rings (SSSR count). The van der Waals surface area contributed by atoms with Crippen LogP contribution in [0, 0.1) is 11.8 Å². The lowest BCUT2D eigenvalue weighted by molar-refractivity contribution is -0.148. The highest BCUT2D eigenvalue weighted by Gasteiger charge is 2.23. The third-order valence-corrected chi connectivity index (χ3v) is 5.68. The highest BCUT2D eigenvalue weighted by molar-refractivity contribution is 5.76. The Balaban J connectivity index is 2.94. The van der Waals surface area contributed by atoms with E-state index < -0.39 is 48.8 Å². The molecule has 0 fully saturated rings. The quantitative estimate of drug-likeness (QED) is 0.189. The molecule has 0 saturated carbocycles. The van der Waals surface area contributed by atoms with E-state index in [1.807, 2.05) is 27.7 Å². The molecule has 0 heterocycles. The molecule has 1 aromatic rings. The van der Waals surface area contributed by atoms with Crippen LogP contribution in [0.15, 0.2) is 18.2 Å². The van der Waals surface area contributed by atoms with Crippen LogP contribution in [0.25, 0.3) is 0 Å². The van der Waals surface area contributed by atoms with Gasteiger partial charge in [-0.25, -0.2) is 14.4 Å². The average Bonchev–Trinajstić information content (AvgIpc) is 2.83. The fraction of sp³-hybridized carbons (Fsp3) is 0.643. The van der Waals surface area contributed by atoms with E-state index in [2.05, 4.69) is 0 Å². The number of benzene rings is 1. The van der Waals surface area contributed by atoms with Crippen LogP contribution in [0.3, 0.4) is 0 Å². The number of carbonyl (C=O) groups excluding carboxylic acids is 4. The normalized spacial score (nSPS) is 14.1. The molecular formula is C28H43NO11. The minimum Gasteiger partial charge on any atom is -0.461 e. The molecule has 0 spiro atoms. The first-order chi connectivity index (χ1) is 18.6. The zero-order valence-corrected chi connectivity index (χ0v) is 24.8. The van der Waals surface area contributed by atoms with Crippen molar-refractivity contribution < 1.29 is 52.3 Å². The Morgan fingerprint density at radius 2 is 1.23 bits per heavy atom. The standard InChI is InChI=1S/C28H43NO11/c1-15(2)19(8)37-27(32)39-23-11-10-21(13-24(23)40-28(33)38-20(9)16(3)4)12-22(29)25(30)34-14-18(7)36-26(31)35-17(5)6/h10-11,13,15-20,22H,12,14,29H2,1-9H3/t18-,19?,20?,22-/m0/s1. The minimum atomic E-state index is -1.10. The Labute approximate surface area is 235 Å². The van der Waals surface area contributed by atoms with Gasteiger partial charge in [-0.1, -0.05) is 33.8 Å². The molecule has 40 heavy (non-hydrogen) atoms. The van der Waals surface area contributed by atoms with Crippen molar-refractivity contribution in [2.45, 2.75) is 99.2 Å². The van der Waals surface area contributed by atoms with Gasteiger partial charge in [0.25, 0.3) is 0 Å². The fourth-order valence-corrected chi connectivity index (χ4v) is 2.71. The van der Waals surface area contributed by atoms with Gasteiger partial charge in [-0.05, 0) is 70.6 Å². The predicted octanol–water partition coefficient (Wildman–Crippen LogP) is 5.17. The first kappa shape index (κ1) is 34.5. The van der Waals surface area contributed by atoms with Gasteiger partial charge >= 0.3 is 24.4 Å². The monoisotopic (exact) mass is 569 g/mol. The van der Waals surface area contributed by atoms with Crippen molar-refractivity contribution in [3.63, 3.8) is 0 Å². The molecule has 0 radical (unpaired) electrons. The van der Waals surface area contributed by atoms with E-state index in [9.17, 15) is 19.2 Å². The van der Waals surface area contributed by atoms with E-state index in [1.54, 1.807) is 33.8 Å². The molecule has 1 aromatic carbocycles. The molecule has 12 heteroatoms. The molecule has 226 valence electrons. The summed E-state index contributed by atoms with van der Waals surface area (Å²) in [6.07, 6.45) is -4.80. The Morgan fingerprint density at radius 3 is 1.73 bits per heavy atom. The molecule has 0 amide bonds. The van der Waals surface area contributed by atoms with Gasteiger partial charge < -0.3 is 38.9 Å². The van der Waals surface area contributed by atoms with Gasteiger partial charge in [-0.2, -0.15) is 0 Å². The number of hydrogen-bond donors (Lipinski definition) is 1. The highest BCUT2D eigenvalue weighted by Crippen LogP contribution is 2.30. The number of hydrogen-bond acceptors (Lipinski definition) is 12. The maximum absolute atomic E-state index is 12.4. The van der Waals surface area contributed by atoms with E-state index in [4.69, 9.17) is 38.9 Å². The van der Waals surface area contributed by atoms with Gasteiger partial charge in [0.05, 0.1) is 6.10 Å². The minimum absolute atomic E-state index is 0.00756. The molecule has 12 nitrogen and oxygen atoms in total. The fourth-order valence-electron chi connectivity index (χ4n) is 2.71. The van der Waals surface area contributed by atoms with Gasteiger partial charge in [0.2, 0.25) is 0 Å². The van der Waals surface area contributed by atoms with Crippen LogP contribution in [0.1, 0.15) is 67.9 Å². The lowest BCUT2D eigenvalue weighted by Crippen LogP contribution is -2.36. The molecule has 0 aromatic heterocycles. The molecule has 0 aliphatic rings. The first-order valence-corrected chi connectivity index (χ1v) is 13.3. The summed E-state index contributed by atoms with van der Waals surface area (Å²) < 4.78 is 36.1. The zero-order valence-electron chi connectivity index (χ0n) is 24.8. The van der Waals surface area contributed by atoms with Gasteiger partial charge in [-0.3, -0.25) is 4.79 Å². The third-order valence-electron chi connectivity index (χ3n) is 5.68. The van der Waals surface area contributed by atoms with Crippen molar-refractivity contribution in [1.29, 1.82) is 0 Å². The van der Waals surface area contributed by atoms with E-state index in [0.29, 0.717) is 5.56 Å². The Kier molecular flexibility index (Phi) is 14.3. The van der Waals surface area contributed by atoms with Crippen molar-refractivity contribution in [3.8, 4) is 11.5 Å². The summed E-state index contributed by atoms with van der Waals surface area (Å²) in [6.45, 7) is 15.6. The zero-order chi connectivity index (χ0) is 30.6. The Bertz CT molecular complexity index is 992. The van der Waals surface area contributed by atoms with Crippen LogP contribution in [-0.4, -0.2) is 61.5 Å². The van der Waals surface area contributed by atoms with E-state index >= 15 is 0 Å². The van der Waals surface area contributed by atoms with Crippen LogP contribution in [0.2, 0.25) is 0 Å². The maximum atomic E-state index is 12.4. The second kappa shape index (κ2) is 16.5. The number of esters is 1.